The SMILES string of the molecule is O=[N+]([O-])c1ccccc1/C=N/N=C1C[C@@H](c2ccccc2)S[C@@H](c2ccccc2)C1. The van der Waals surface area contributed by atoms with Crippen LogP contribution in [0.4, 0.5) is 5.69 Å². The summed E-state index contributed by atoms with van der Waals surface area (Å²) in [7, 11) is 0. The molecule has 0 N–H and O–H groups in total. The highest BCUT2D eigenvalue weighted by atomic mass is 32.2. The van der Waals surface area contributed by atoms with Gasteiger partial charge in [-0.1, -0.05) is 72.8 Å². The van der Waals surface area contributed by atoms with E-state index >= 15 is 0 Å². The number of thioether (sulfide) groups is 1. The molecule has 30 heavy (non-hydrogen) atoms. The minimum atomic E-state index is -0.400. The Bertz CT molecular complexity index is 1020. The van der Waals surface area contributed by atoms with Gasteiger partial charge in [0.2, 0.25) is 0 Å². The van der Waals surface area contributed by atoms with Crippen LogP contribution in [-0.2, 0) is 0 Å². The van der Waals surface area contributed by atoms with Crippen LogP contribution in [0.3, 0.4) is 0 Å². The van der Waals surface area contributed by atoms with Crippen molar-refractivity contribution in [2.24, 2.45) is 10.2 Å². The lowest BCUT2D eigenvalue weighted by molar-refractivity contribution is -0.385. The van der Waals surface area contributed by atoms with Gasteiger partial charge in [0, 0.05) is 35.1 Å². The first kappa shape index (κ1) is 20.0. The van der Waals surface area contributed by atoms with Crippen molar-refractivity contribution in [2.75, 3.05) is 0 Å². The molecule has 1 fully saturated rings. The molecule has 0 saturated carbocycles. The zero-order valence-electron chi connectivity index (χ0n) is 16.3. The van der Waals surface area contributed by atoms with Crippen LogP contribution < -0.4 is 0 Å². The molecule has 0 aromatic heterocycles. The molecule has 0 amide bonds. The van der Waals surface area contributed by atoms with Crippen molar-refractivity contribution in [2.45, 2.75) is 23.3 Å². The van der Waals surface area contributed by atoms with Gasteiger partial charge in [-0.05, 0) is 17.2 Å². The second kappa shape index (κ2) is 9.50. The number of rotatable bonds is 5. The summed E-state index contributed by atoms with van der Waals surface area (Å²) in [5.41, 5.74) is 4.05. The maximum Gasteiger partial charge on any atom is 0.278 e. The Morgan fingerprint density at radius 3 is 1.93 bits per heavy atom. The molecule has 0 radical (unpaired) electrons. The monoisotopic (exact) mass is 415 g/mol. The van der Waals surface area contributed by atoms with E-state index in [9.17, 15) is 10.1 Å². The predicted octanol–water partition coefficient (Wildman–Crippen LogP) is 6.38. The molecule has 0 spiro atoms. The third kappa shape index (κ3) is 4.83. The molecule has 6 heteroatoms. The summed E-state index contributed by atoms with van der Waals surface area (Å²) < 4.78 is 0. The molecular formula is C24H21N3O2S. The fourth-order valence-corrected chi connectivity index (χ4v) is 5.15. The molecule has 0 aliphatic carbocycles. The Kier molecular flexibility index (Phi) is 6.35. The van der Waals surface area contributed by atoms with Crippen molar-refractivity contribution in [3.63, 3.8) is 0 Å². The average Bonchev–Trinajstić information content (AvgIpc) is 2.80. The number of nitro groups is 1. The molecule has 150 valence electrons. The molecule has 0 unspecified atom stereocenters. The van der Waals surface area contributed by atoms with Crippen LogP contribution in [0.15, 0.2) is 95.1 Å². The van der Waals surface area contributed by atoms with Gasteiger partial charge in [0.1, 0.15) is 0 Å². The zero-order chi connectivity index (χ0) is 20.8. The molecule has 3 aromatic carbocycles. The van der Waals surface area contributed by atoms with Gasteiger partial charge in [-0.3, -0.25) is 10.1 Å². The van der Waals surface area contributed by atoms with E-state index in [4.69, 9.17) is 0 Å². The molecular weight excluding hydrogens is 394 g/mol. The average molecular weight is 416 g/mol. The van der Waals surface area contributed by atoms with Crippen molar-refractivity contribution in [1.29, 1.82) is 0 Å². The Labute approximate surface area is 179 Å². The number of hydrogen-bond donors (Lipinski definition) is 0. The zero-order valence-corrected chi connectivity index (χ0v) is 17.1. The molecule has 1 aliphatic rings. The van der Waals surface area contributed by atoms with E-state index in [-0.39, 0.29) is 5.69 Å². The van der Waals surface area contributed by atoms with E-state index < -0.39 is 4.92 Å². The van der Waals surface area contributed by atoms with E-state index in [1.54, 1.807) is 18.2 Å². The summed E-state index contributed by atoms with van der Waals surface area (Å²) in [5, 5.41) is 20.5. The summed E-state index contributed by atoms with van der Waals surface area (Å²) in [6.45, 7) is 0. The highest BCUT2D eigenvalue weighted by Gasteiger charge is 2.28. The third-order valence-corrected chi connectivity index (χ3v) is 6.58. The fraction of sp³-hybridized carbons (Fsp3) is 0.167. The van der Waals surface area contributed by atoms with Crippen LogP contribution in [0.2, 0.25) is 0 Å². The normalized spacial score (nSPS) is 20.5. The largest absolute Gasteiger partial charge is 0.278 e. The van der Waals surface area contributed by atoms with Gasteiger partial charge in [-0.2, -0.15) is 10.2 Å². The number of hydrogen-bond acceptors (Lipinski definition) is 5. The van der Waals surface area contributed by atoms with Crippen molar-refractivity contribution < 1.29 is 4.92 Å². The molecule has 3 aromatic rings. The Morgan fingerprint density at radius 2 is 1.37 bits per heavy atom. The fourth-order valence-electron chi connectivity index (χ4n) is 3.55. The van der Waals surface area contributed by atoms with Gasteiger partial charge in [0.05, 0.1) is 16.7 Å². The minimum Gasteiger partial charge on any atom is -0.258 e. The third-order valence-electron chi connectivity index (χ3n) is 5.04. The van der Waals surface area contributed by atoms with Gasteiger partial charge in [-0.15, -0.1) is 11.8 Å². The summed E-state index contributed by atoms with van der Waals surface area (Å²) in [6.07, 6.45) is 3.10. The van der Waals surface area contributed by atoms with Gasteiger partial charge >= 0.3 is 0 Å². The highest BCUT2D eigenvalue weighted by molar-refractivity contribution is 7.99. The van der Waals surface area contributed by atoms with Crippen molar-refractivity contribution in [1.82, 2.24) is 0 Å². The van der Waals surface area contributed by atoms with E-state index in [1.807, 2.05) is 23.9 Å². The quantitative estimate of drug-likeness (QED) is 0.276. The number of para-hydroxylation sites is 1. The standard InChI is InChI=1S/C24H21N3O2S/c28-27(29)22-14-8-7-13-20(22)17-25-26-21-15-23(18-9-3-1-4-10-18)30-24(16-21)19-11-5-2-6-12-19/h1-14,17,23-24H,15-16H2/b25-17+,26-21?/t23-,24+. The van der Waals surface area contributed by atoms with Crippen molar-refractivity contribution in [3.8, 4) is 0 Å². The summed E-state index contributed by atoms with van der Waals surface area (Å²) in [6, 6.07) is 27.5. The molecule has 2 atom stereocenters. The van der Waals surface area contributed by atoms with Gasteiger partial charge < -0.3 is 0 Å². The Morgan fingerprint density at radius 1 is 0.833 bits per heavy atom. The van der Waals surface area contributed by atoms with Crippen LogP contribution in [0, 0.1) is 10.1 Å². The van der Waals surface area contributed by atoms with E-state index in [0.717, 1.165) is 18.6 Å². The first-order chi connectivity index (χ1) is 14.7. The van der Waals surface area contributed by atoms with Crippen LogP contribution in [0.5, 0.6) is 0 Å². The first-order valence-corrected chi connectivity index (χ1v) is 10.7. The van der Waals surface area contributed by atoms with Gasteiger partial charge in [0.25, 0.3) is 5.69 Å². The highest BCUT2D eigenvalue weighted by Crippen LogP contribution is 2.49. The molecule has 1 saturated heterocycles. The van der Waals surface area contributed by atoms with E-state index in [1.165, 1.54) is 23.4 Å². The molecule has 4 rings (SSSR count). The second-order valence-corrected chi connectivity index (χ2v) is 8.48. The number of nitrogens with zero attached hydrogens (tertiary/aromatic N) is 3. The number of nitro benzene ring substituents is 1. The molecule has 1 aliphatic heterocycles. The molecule has 0 bridgehead atoms. The molecule has 1 heterocycles. The van der Waals surface area contributed by atoms with E-state index in [0.29, 0.717) is 16.1 Å². The molecule has 5 nitrogen and oxygen atoms in total. The lowest BCUT2D eigenvalue weighted by Gasteiger charge is -2.30. The topological polar surface area (TPSA) is 67.9 Å². The van der Waals surface area contributed by atoms with Crippen LogP contribution >= 0.6 is 11.8 Å². The lowest BCUT2D eigenvalue weighted by atomic mass is 10.00. The predicted molar refractivity (Wildman–Crippen MR) is 123 cm³/mol. The maximum atomic E-state index is 11.2. The second-order valence-electron chi connectivity index (χ2n) is 7.07. The van der Waals surface area contributed by atoms with Gasteiger partial charge in [-0.25, -0.2) is 0 Å². The Hall–Kier alpha value is -3.25. The number of benzene rings is 3. The smallest absolute Gasteiger partial charge is 0.258 e. The summed E-state index contributed by atoms with van der Waals surface area (Å²) in [4.78, 5) is 10.8. The lowest BCUT2D eigenvalue weighted by Crippen LogP contribution is -2.16. The van der Waals surface area contributed by atoms with Crippen molar-refractivity contribution in [3.05, 3.63) is 112 Å². The van der Waals surface area contributed by atoms with Crippen LogP contribution in [-0.4, -0.2) is 16.8 Å². The van der Waals surface area contributed by atoms with Crippen LogP contribution in [0.1, 0.15) is 40.0 Å². The van der Waals surface area contributed by atoms with Crippen molar-refractivity contribution >= 4 is 29.4 Å². The first-order valence-electron chi connectivity index (χ1n) is 9.78. The Balaban J connectivity index is 1.60. The minimum absolute atomic E-state index is 0.0324. The van der Waals surface area contributed by atoms with E-state index in [2.05, 4.69) is 58.7 Å². The maximum absolute atomic E-state index is 11.2. The summed E-state index contributed by atoms with van der Waals surface area (Å²) in [5.74, 6) is 0. The van der Waals surface area contributed by atoms with Gasteiger partial charge in [0.15, 0.2) is 0 Å². The summed E-state index contributed by atoms with van der Waals surface area (Å²) >= 11 is 1.96. The van der Waals surface area contributed by atoms with Crippen LogP contribution in [0.25, 0.3) is 0 Å².